The lowest BCUT2D eigenvalue weighted by molar-refractivity contribution is -0.148. The fourth-order valence-corrected chi connectivity index (χ4v) is 7.39. The van der Waals surface area contributed by atoms with Crippen molar-refractivity contribution in [2.45, 2.75) is 88.8 Å². The molecule has 0 spiro atoms. The van der Waals surface area contributed by atoms with E-state index >= 15 is 0 Å². The molecule has 0 bridgehead atoms. The monoisotopic (exact) mass is 602 g/mol. The van der Waals surface area contributed by atoms with Crippen LogP contribution < -0.4 is 4.74 Å². The number of ether oxygens (including phenoxy) is 1. The third-order valence-electron chi connectivity index (χ3n) is 8.60. The second-order valence-electron chi connectivity index (χ2n) is 11.7. The Hall–Kier alpha value is -2.63. The van der Waals surface area contributed by atoms with Crippen LogP contribution in [0.1, 0.15) is 81.7 Å². The van der Waals surface area contributed by atoms with Crippen molar-refractivity contribution in [3.63, 3.8) is 0 Å². The van der Waals surface area contributed by atoms with E-state index in [1.165, 1.54) is 6.42 Å². The summed E-state index contributed by atoms with van der Waals surface area (Å²) in [5.74, 6) is -0.764. The summed E-state index contributed by atoms with van der Waals surface area (Å²) in [7, 11) is -3.36. The van der Waals surface area contributed by atoms with Crippen LogP contribution in [-0.2, 0) is 17.8 Å². The highest BCUT2D eigenvalue weighted by Crippen LogP contribution is 2.57. The fourth-order valence-electron chi connectivity index (χ4n) is 5.59. The number of hydrogen-bond acceptors (Lipinski definition) is 7. The lowest BCUT2D eigenvalue weighted by Gasteiger charge is -2.42. The molecule has 1 aliphatic heterocycles. The first-order valence-corrected chi connectivity index (χ1v) is 16.1. The van der Waals surface area contributed by atoms with Crippen molar-refractivity contribution in [1.29, 1.82) is 0 Å². The Morgan fingerprint density at radius 2 is 1.98 bits per heavy atom. The Kier molecular flexibility index (Phi) is 8.69. The topological polar surface area (TPSA) is 121 Å². The minimum Gasteiger partial charge on any atom is -0.487 e. The highest BCUT2D eigenvalue weighted by atomic mass is 35.5. The number of aryl methyl sites for hydroxylation is 1. The van der Waals surface area contributed by atoms with E-state index in [0.29, 0.717) is 53.1 Å². The van der Waals surface area contributed by atoms with E-state index in [4.69, 9.17) is 16.3 Å². The lowest BCUT2D eigenvalue weighted by atomic mass is 9.72. The van der Waals surface area contributed by atoms with E-state index in [1.54, 1.807) is 42.4 Å². The first-order valence-electron chi connectivity index (χ1n) is 14.2. The number of halogens is 1. The summed E-state index contributed by atoms with van der Waals surface area (Å²) in [6, 6.07) is 13.0. The van der Waals surface area contributed by atoms with E-state index in [-0.39, 0.29) is 18.6 Å². The van der Waals surface area contributed by atoms with Crippen LogP contribution in [0.4, 0.5) is 0 Å². The Morgan fingerprint density at radius 3 is 2.66 bits per heavy atom. The molecule has 2 atom stereocenters. The Bertz CT molecular complexity index is 1390. The van der Waals surface area contributed by atoms with Crippen LogP contribution in [0, 0.1) is 5.41 Å². The van der Waals surface area contributed by atoms with Gasteiger partial charge in [0.05, 0.1) is 23.7 Å². The summed E-state index contributed by atoms with van der Waals surface area (Å²) >= 11 is 6.68. The molecule has 0 radical (unpaired) electrons. The molecule has 1 saturated carbocycles. The average molecular weight is 603 g/mol. The third-order valence-corrected chi connectivity index (χ3v) is 10.9. The van der Waals surface area contributed by atoms with Gasteiger partial charge >= 0.3 is 5.97 Å². The number of carboxylic acids is 1. The maximum atomic E-state index is 12.4. The van der Waals surface area contributed by atoms with Crippen molar-refractivity contribution in [1.82, 2.24) is 19.3 Å². The fraction of sp³-hybridized carbons (Fsp3) is 0.500. The molecule has 1 aromatic heterocycles. The number of fused-ring (bicyclic) bond motifs is 1. The normalized spacial score (nSPS) is 20.8. The average Bonchev–Trinajstić information content (AvgIpc) is 3.32. The molecular weight excluding hydrogens is 564 g/mol. The number of benzene rings is 2. The number of aromatic nitrogens is 3. The summed E-state index contributed by atoms with van der Waals surface area (Å²) in [6.07, 6.45) is 7.02. The van der Waals surface area contributed by atoms with Crippen molar-refractivity contribution >= 4 is 28.3 Å². The van der Waals surface area contributed by atoms with Gasteiger partial charge in [-0.25, -0.2) is 4.68 Å². The minimum atomic E-state index is -3.36. The number of para-hydroxylation sites is 1. The summed E-state index contributed by atoms with van der Waals surface area (Å²) in [4.78, 5) is 12.8. The van der Waals surface area contributed by atoms with Crippen LogP contribution in [0.2, 0.25) is 5.02 Å². The molecule has 5 rings (SSSR count). The standard InChI is InChI=1S/C30H39ClN4O5S/c1-4-24-19-34(41(38,39)28-11-6-5-10-27(28)40-24)17-21-16-20(12-15-26(21)31)25(30(2,3)29(36)37)14-13-22-18-35(33-32-22)23-8-7-9-23/h5-6,10-12,15-16,18,23-25,38-39H,4,7-9,13-14,17,19H2,1-3H3,(H,36,37). The second kappa shape index (κ2) is 11.9. The molecular formula is C30H39ClN4O5S. The number of carboxylic acid groups (broad SMARTS) is 1. The van der Waals surface area contributed by atoms with Crippen LogP contribution in [-0.4, -0.2) is 52.1 Å². The molecule has 11 heteroatoms. The maximum absolute atomic E-state index is 12.4. The van der Waals surface area contributed by atoms with E-state index < -0.39 is 22.2 Å². The molecule has 2 aromatic carbocycles. The predicted molar refractivity (Wildman–Crippen MR) is 160 cm³/mol. The van der Waals surface area contributed by atoms with Crippen molar-refractivity contribution in [3.8, 4) is 5.75 Å². The number of hydrogen-bond donors (Lipinski definition) is 3. The molecule has 1 aliphatic carbocycles. The molecule has 3 aromatic rings. The number of nitrogens with zero attached hydrogens (tertiary/aromatic N) is 4. The first kappa shape index (κ1) is 29.8. The smallest absolute Gasteiger partial charge is 0.309 e. The van der Waals surface area contributed by atoms with Gasteiger partial charge in [0.25, 0.3) is 0 Å². The number of rotatable bonds is 10. The molecule has 3 N–H and O–H groups in total. The third kappa shape index (κ3) is 6.12. The number of carbonyl (C=O) groups is 1. The second-order valence-corrected chi connectivity index (χ2v) is 14.1. The van der Waals surface area contributed by atoms with Crippen molar-refractivity contribution in [2.75, 3.05) is 6.54 Å². The summed E-state index contributed by atoms with van der Waals surface area (Å²) in [5, 5.41) is 19.3. The molecule has 2 unspecified atom stereocenters. The molecule has 2 heterocycles. The lowest BCUT2D eigenvalue weighted by Crippen LogP contribution is -2.34. The van der Waals surface area contributed by atoms with E-state index in [2.05, 4.69) is 10.3 Å². The van der Waals surface area contributed by atoms with Crippen molar-refractivity contribution < 1.29 is 23.7 Å². The Labute approximate surface area is 248 Å². The van der Waals surface area contributed by atoms with Crippen LogP contribution in [0.25, 0.3) is 0 Å². The van der Waals surface area contributed by atoms with E-state index in [0.717, 1.165) is 24.1 Å². The van der Waals surface area contributed by atoms with Crippen molar-refractivity contribution in [3.05, 3.63) is 70.5 Å². The van der Waals surface area contributed by atoms with Gasteiger partial charge in [-0.3, -0.25) is 13.9 Å². The summed E-state index contributed by atoms with van der Waals surface area (Å²) in [5.41, 5.74) is 1.31. The molecule has 9 nitrogen and oxygen atoms in total. The highest BCUT2D eigenvalue weighted by molar-refractivity contribution is 8.22. The SMILES string of the molecule is CCC1CN(Cc2cc(C(CCc3cn(C4CCC4)nn3)C(C)(C)C(=O)O)ccc2Cl)S(O)(O)c2ccccc2O1. The Balaban J connectivity index is 1.43. The first-order chi connectivity index (χ1) is 19.5. The van der Waals surface area contributed by atoms with Gasteiger partial charge in [-0.05, 0) is 87.6 Å². The van der Waals surface area contributed by atoms with Gasteiger partial charge in [0.2, 0.25) is 0 Å². The zero-order valence-corrected chi connectivity index (χ0v) is 25.3. The highest BCUT2D eigenvalue weighted by Gasteiger charge is 2.39. The van der Waals surface area contributed by atoms with Crippen LogP contribution >= 0.6 is 22.4 Å². The van der Waals surface area contributed by atoms with Gasteiger partial charge in [0, 0.05) is 17.8 Å². The quantitative estimate of drug-likeness (QED) is 0.223. The van der Waals surface area contributed by atoms with Crippen LogP contribution in [0.3, 0.4) is 0 Å². The summed E-state index contributed by atoms with van der Waals surface area (Å²) in [6.45, 7) is 5.95. The molecule has 0 amide bonds. The molecule has 0 saturated heterocycles. The van der Waals surface area contributed by atoms with E-state index in [9.17, 15) is 19.0 Å². The van der Waals surface area contributed by atoms with Crippen LogP contribution in [0.5, 0.6) is 5.75 Å². The van der Waals surface area contributed by atoms with Gasteiger partial charge in [-0.15, -0.1) is 15.9 Å². The Morgan fingerprint density at radius 1 is 1.22 bits per heavy atom. The molecule has 2 aliphatic rings. The summed E-state index contributed by atoms with van der Waals surface area (Å²) < 4.78 is 32.6. The zero-order valence-electron chi connectivity index (χ0n) is 23.7. The van der Waals surface area contributed by atoms with Gasteiger partial charge in [-0.1, -0.05) is 48.0 Å². The largest absolute Gasteiger partial charge is 0.487 e. The molecule has 41 heavy (non-hydrogen) atoms. The minimum absolute atomic E-state index is 0.166. The van der Waals surface area contributed by atoms with Gasteiger partial charge < -0.3 is 9.84 Å². The maximum Gasteiger partial charge on any atom is 0.309 e. The zero-order chi connectivity index (χ0) is 29.4. The van der Waals surface area contributed by atoms with Gasteiger partial charge in [-0.2, -0.15) is 4.31 Å². The molecule has 222 valence electrons. The van der Waals surface area contributed by atoms with Gasteiger partial charge in [0.15, 0.2) is 0 Å². The number of aliphatic carboxylic acids is 1. The van der Waals surface area contributed by atoms with Crippen molar-refractivity contribution in [2.24, 2.45) is 5.41 Å². The van der Waals surface area contributed by atoms with E-state index in [1.807, 2.05) is 36.0 Å². The molecule has 1 fully saturated rings. The van der Waals surface area contributed by atoms with Crippen LogP contribution in [0.15, 0.2) is 53.6 Å². The predicted octanol–water partition coefficient (Wildman–Crippen LogP) is 7.18. The van der Waals surface area contributed by atoms with Gasteiger partial charge in [0.1, 0.15) is 16.7 Å².